The van der Waals surface area contributed by atoms with E-state index in [1.54, 1.807) is 0 Å². The lowest BCUT2D eigenvalue weighted by Crippen LogP contribution is -1.98. The van der Waals surface area contributed by atoms with Gasteiger partial charge in [0.05, 0.1) is 7.11 Å². The molecule has 64 valence electrons. The van der Waals surface area contributed by atoms with Gasteiger partial charge in [0.25, 0.3) is 0 Å². The molecule has 0 spiro atoms. The van der Waals surface area contributed by atoms with Crippen LogP contribution in [-0.4, -0.2) is 18.4 Å². The topological polar surface area (TPSA) is 26.3 Å². The van der Waals surface area contributed by atoms with Crippen LogP contribution < -0.4 is 0 Å². The molecule has 3 heteroatoms. The summed E-state index contributed by atoms with van der Waals surface area (Å²) >= 11 is 3.27. The fourth-order valence-electron chi connectivity index (χ4n) is 0.647. The second-order valence-electron chi connectivity index (χ2n) is 2.09. The highest BCUT2D eigenvalue weighted by Crippen LogP contribution is 1.98. The highest BCUT2D eigenvalue weighted by Gasteiger charge is 1.96. The number of carbonyl (C=O) groups is 1. The zero-order valence-electron chi connectivity index (χ0n) is 6.68. The Labute approximate surface area is 75.7 Å². The molecule has 2 nitrogen and oxygen atoms in total. The Kier molecular flexibility index (Phi) is 7.57. The van der Waals surface area contributed by atoms with E-state index in [1.807, 2.05) is 6.08 Å². The molecule has 0 heterocycles. The minimum atomic E-state index is -0.128. The molecular weight excluding hydrogens is 208 g/mol. The fourth-order valence-corrected chi connectivity index (χ4v) is 0.911. The number of methoxy groups -OCH3 is 1. The summed E-state index contributed by atoms with van der Waals surface area (Å²) in [4.78, 5) is 10.6. The first kappa shape index (κ1) is 10.7. The first-order valence-corrected chi connectivity index (χ1v) is 4.71. The third-order valence-corrected chi connectivity index (χ3v) is 1.61. The summed E-state index contributed by atoms with van der Waals surface area (Å²) in [5, 5.41) is 0.880. The molecule has 0 saturated heterocycles. The number of alkyl halides is 1. The highest BCUT2D eigenvalue weighted by molar-refractivity contribution is 9.09. The summed E-state index contributed by atoms with van der Waals surface area (Å²) < 4.78 is 4.48. The van der Waals surface area contributed by atoms with Crippen molar-refractivity contribution in [1.29, 1.82) is 0 Å². The van der Waals surface area contributed by atoms with Crippen LogP contribution in [0.5, 0.6) is 0 Å². The Morgan fingerprint density at radius 2 is 2.27 bits per heavy atom. The number of allylic oxidation sites excluding steroid dienone is 2. The normalized spacial score (nSPS) is 10.4. The van der Waals surface area contributed by atoms with Crippen LogP contribution in [0.15, 0.2) is 12.2 Å². The molecule has 0 aliphatic rings. The zero-order chi connectivity index (χ0) is 8.53. The SMILES string of the molecule is COC(=O)CCC/C=C\CBr. The van der Waals surface area contributed by atoms with Crippen LogP contribution in [0.25, 0.3) is 0 Å². The number of esters is 1. The largest absolute Gasteiger partial charge is 0.469 e. The average Bonchev–Trinajstić information content (AvgIpc) is 2.04. The standard InChI is InChI=1S/C8H13BrO2/c1-11-8(10)6-4-2-3-5-7-9/h3,5H,2,4,6-7H2,1H3/b5-3-. The summed E-state index contributed by atoms with van der Waals surface area (Å²) in [6, 6.07) is 0. The molecule has 0 bridgehead atoms. The van der Waals surface area contributed by atoms with Gasteiger partial charge < -0.3 is 4.74 Å². The zero-order valence-corrected chi connectivity index (χ0v) is 8.26. The number of halogens is 1. The van der Waals surface area contributed by atoms with E-state index in [0.29, 0.717) is 6.42 Å². The van der Waals surface area contributed by atoms with Crippen molar-refractivity contribution in [3.8, 4) is 0 Å². The third-order valence-electron chi connectivity index (χ3n) is 1.24. The van der Waals surface area contributed by atoms with Crippen LogP contribution in [0.4, 0.5) is 0 Å². The van der Waals surface area contributed by atoms with Crippen LogP contribution in [0.3, 0.4) is 0 Å². The average molecular weight is 221 g/mol. The Balaban J connectivity index is 3.14. The summed E-state index contributed by atoms with van der Waals surface area (Å²) in [7, 11) is 1.41. The predicted molar refractivity (Wildman–Crippen MR) is 48.8 cm³/mol. The monoisotopic (exact) mass is 220 g/mol. The van der Waals surface area contributed by atoms with Crippen molar-refractivity contribution in [1.82, 2.24) is 0 Å². The third kappa shape index (κ3) is 7.59. The summed E-state index contributed by atoms with van der Waals surface area (Å²) in [6.07, 6.45) is 6.41. The molecule has 0 aliphatic carbocycles. The molecule has 0 atom stereocenters. The smallest absolute Gasteiger partial charge is 0.305 e. The first-order valence-electron chi connectivity index (χ1n) is 3.59. The molecular formula is C8H13BrO2. The molecule has 0 radical (unpaired) electrons. The highest BCUT2D eigenvalue weighted by atomic mass is 79.9. The number of carbonyl (C=O) groups excluding carboxylic acids is 1. The quantitative estimate of drug-likeness (QED) is 0.308. The van der Waals surface area contributed by atoms with Crippen LogP contribution in [-0.2, 0) is 9.53 Å². The van der Waals surface area contributed by atoms with Crippen molar-refractivity contribution < 1.29 is 9.53 Å². The van der Waals surface area contributed by atoms with Crippen LogP contribution >= 0.6 is 15.9 Å². The van der Waals surface area contributed by atoms with E-state index in [2.05, 4.69) is 26.7 Å². The Morgan fingerprint density at radius 3 is 2.82 bits per heavy atom. The molecule has 0 fully saturated rings. The molecule has 0 saturated carbocycles. The maximum absolute atomic E-state index is 10.6. The Hall–Kier alpha value is -0.310. The van der Waals surface area contributed by atoms with Crippen molar-refractivity contribution >= 4 is 21.9 Å². The van der Waals surface area contributed by atoms with Gasteiger partial charge in [0, 0.05) is 11.8 Å². The Bertz CT molecular complexity index is 132. The van der Waals surface area contributed by atoms with E-state index in [-0.39, 0.29) is 5.97 Å². The molecule has 0 aromatic carbocycles. The van der Waals surface area contributed by atoms with Crippen LogP contribution in [0.1, 0.15) is 19.3 Å². The Morgan fingerprint density at radius 1 is 1.55 bits per heavy atom. The van der Waals surface area contributed by atoms with E-state index in [4.69, 9.17) is 0 Å². The molecule has 0 aromatic heterocycles. The van der Waals surface area contributed by atoms with Gasteiger partial charge in [-0.3, -0.25) is 4.79 Å². The maximum Gasteiger partial charge on any atom is 0.305 e. The summed E-state index contributed by atoms with van der Waals surface area (Å²) in [6.45, 7) is 0. The van der Waals surface area contributed by atoms with Crippen LogP contribution in [0, 0.1) is 0 Å². The summed E-state index contributed by atoms with van der Waals surface area (Å²) in [5.74, 6) is -0.128. The lowest BCUT2D eigenvalue weighted by Gasteiger charge is -1.94. The first-order chi connectivity index (χ1) is 5.31. The number of hydrogen-bond acceptors (Lipinski definition) is 2. The number of rotatable bonds is 5. The van der Waals surface area contributed by atoms with Gasteiger partial charge in [-0.2, -0.15) is 0 Å². The van der Waals surface area contributed by atoms with Gasteiger partial charge in [0.15, 0.2) is 0 Å². The van der Waals surface area contributed by atoms with E-state index in [9.17, 15) is 4.79 Å². The van der Waals surface area contributed by atoms with Gasteiger partial charge in [-0.15, -0.1) is 0 Å². The van der Waals surface area contributed by atoms with Crippen molar-refractivity contribution in [2.45, 2.75) is 19.3 Å². The predicted octanol–water partition coefficient (Wildman–Crippen LogP) is 2.28. The molecule has 0 aromatic rings. The van der Waals surface area contributed by atoms with Gasteiger partial charge in [-0.25, -0.2) is 0 Å². The number of hydrogen-bond donors (Lipinski definition) is 0. The maximum atomic E-state index is 10.6. The van der Waals surface area contributed by atoms with E-state index < -0.39 is 0 Å². The number of unbranched alkanes of at least 4 members (excludes halogenated alkanes) is 1. The van der Waals surface area contributed by atoms with E-state index in [1.165, 1.54) is 7.11 Å². The lowest BCUT2D eigenvalue weighted by molar-refractivity contribution is -0.140. The fraction of sp³-hybridized carbons (Fsp3) is 0.625. The minimum Gasteiger partial charge on any atom is -0.469 e. The van der Waals surface area contributed by atoms with E-state index in [0.717, 1.165) is 18.2 Å². The van der Waals surface area contributed by atoms with Gasteiger partial charge >= 0.3 is 5.97 Å². The van der Waals surface area contributed by atoms with Gasteiger partial charge in [-0.1, -0.05) is 28.1 Å². The molecule has 11 heavy (non-hydrogen) atoms. The number of ether oxygens (including phenoxy) is 1. The molecule has 0 amide bonds. The second-order valence-corrected chi connectivity index (χ2v) is 2.74. The lowest BCUT2D eigenvalue weighted by atomic mass is 10.2. The van der Waals surface area contributed by atoms with Crippen molar-refractivity contribution in [2.24, 2.45) is 0 Å². The van der Waals surface area contributed by atoms with Crippen molar-refractivity contribution in [3.05, 3.63) is 12.2 Å². The van der Waals surface area contributed by atoms with Gasteiger partial charge in [0.2, 0.25) is 0 Å². The van der Waals surface area contributed by atoms with Crippen LogP contribution in [0.2, 0.25) is 0 Å². The van der Waals surface area contributed by atoms with Gasteiger partial charge in [-0.05, 0) is 12.8 Å². The molecule has 0 unspecified atom stereocenters. The van der Waals surface area contributed by atoms with Crippen molar-refractivity contribution in [2.75, 3.05) is 12.4 Å². The molecule has 0 rings (SSSR count). The second kappa shape index (κ2) is 7.79. The van der Waals surface area contributed by atoms with Gasteiger partial charge in [0.1, 0.15) is 0 Å². The van der Waals surface area contributed by atoms with Crippen molar-refractivity contribution in [3.63, 3.8) is 0 Å². The summed E-state index contributed by atoms with van der Waals surface area (Å²) in [5.41, 5.74) is 0. The molecule has 0 N–H and O–H groups in total. The van der Waals surface area contributed by atoms with E-state index >= 15 is 0 Å². The minimum absolute atomic E-state index is 0.128. The molecule has 0 aliphatic heterocycles.